The first-order valence-electron chi connectivity index (χ1n) is 3.96. The first-order valence-corrected chi connectivity index (χ1v) is 3.96. The average Bonchev–Trinajstić information content (AvgIpc) is 2.18. The van der Waals surface area contributed by atoms with Crippen LogP contribution in [0.2, 0.25) is 0 Å². The molecule has 13 heavy (non-hydrogen) atoms. The van der Waals surface area contributed by atoms with Crippen molar-refractivity contribution in [3.63, 3.8) is 0 Å². The van der Waals surface area contributed by atoms with Gasteiger partial charge in [0, 0.05) is 27.4 Å². The van der Waals surface area contributed by atoms with Crippen LogP contribution in [0.4, 0.5) is 11.6 Å². The number of aliphatic imine (C=N–C) groups is 1. The van der Waals surface area contributed by atoms with Crippen molar-refractivity contribution >= 4 is 17.9 Å². The lowest BCUT2D eigenvalue weighted by Gasteiger charge is -2.07. The van der Waals surface area contributed by atoms with E-state index in [1.54, 1.807) is 13.3 Å². The Morgan fingerprint density at radius 2 is 1.77 bits per heavy atom. The van der Waals surface area contributed by atoms with Gasteiger partial charge in [0.1, 0.15) is 18.0 Å². The van der Waals surface area contributed by atoms with E-state index in [4.69, 9.17) is 0 Å². The van der Waals surface area contributed by atoms with Crippen molar-refractivity contribution in [3.8, 4) is 0 Å². The van der Waals surface area contributed by atoms with Gasteiger partial charge in [0.15, 0.2) is 0 Å². The molecular weight excluding hydrogens is 166 g/mol. The lowest BCUT2D eigenvalue weighted by atomic mass is 10.3. The predicted octanol–water partition coefficient (Wildman–Crippen LogP) is 0.609. The lowest BCUT2D eigenvalue weighted by molar-refractivity contribution is 1.14. The van der Waals surface area contributed by atoms with Gasteiger partial charge in [-0.15, -0.1) is 0 Å². The van der Waals surface area contributed by atoms with Crippen molar-refractivity contribution in [2.24, 2.45) is 4.99 Å². The molecule has 0 aliphatic heterocycles. The Morgan fingerprint density at radius 3 is 2.15 bits per heavy atom. The predicted molar refractivity (Wildman–Crippen MR) is 54.6 cm³/mol. The Labute approximate surface area is 77.3 Å². The molecule has 0 aliphatic carbocycles. The Morgan fingerprint density at radius 1 is 1.23 bits per heavy atom. The summed E-state index contributed by atoms with van der Waals surface area (Å²) in [6, 6.07) is 0. The van der Waals surface area contributed by atoms with E-state index in [2.05, 4.69) is 25.6 Å². The van der Waals surface area contributed by atoms with Crippen molar-refractivity contribution in [3.05, 3.63) is 11.9 Å². The van der Waals surface area contributed by atoms with Crippen LogP contribution in [0.25, 0.3) is 0 Å². The highest BCUT2D eigenvalue weighted by Crippen LogP contribution is 2.15. The van der Waals surface area contributed by atoms with Crippen molar-refractivity contribution in [2.45, 2.75) is 0 Å². The molecule has 0 saturated carbocycles. The van der Waals surface area contributed by atoms with Crippen LogP contribution in [-0.2, 0) is 0 Å². The Hall–Kier alpha value is -1.65. The molecule has 0 fully saturated rings. The summed E-state index contributed by atoms with van der Waals surface area (Å²) in [6.07, 6.45) is 3.22. The van der Waals surface area contributed by atoms with Crippen molar-refractivity contribution in [1.29, 1.82) is 0 Å². The molecular formula is C8H13N5. The van der Waals surface area contributed by atoms with E-state index in [0.717, 1.165) is 17.2 Å². The number of rotatable bonds is 3. The first kappa shape index (κ1) is 9.44. The van der Waals surface area contributed by atoms with E-state index in [1.165, 1.54) is 6.33 Å². The summed E-state index contributed by atoms with van der Waals surface area (Å²) in [4.78, 5) is 12.1. The van der Waals surface area contributed by atoms with Gasteiger partial charge in [-0.3, -0.25) is 4.99 Å². The molecule has 0 aromatic carbocycles. The summed E-state index contributed by atoms with van der Waals surface area (Å²) in [5, 5.41) is 5.95. The fourth-order valence-corrected chi connectivity index (χ4v) is 1.05. The number of nitrogens with one attached hydrogen (secondary N) is 2. The third-order valence-corrected chi connectivity index (χ3v) is 1.62. The van der Waals surface area contributed by atoms with Crippen molar-refractivity contribution in [1.82, 2.24) is 9.97 Å². The van der Waals surface area contributed by atoms with E-state index in [1.807, 2.05) is 14.1 Å². The summed E-state index contributed by atoms with van der Waals surface area (Å²) < 4.78 is 0. The monoisotopic (exact) mass is 179 g/mol. The van der Waals surface area contributed by atoms with Gasteiger partial charge in [0.25, 0.3) is 0 Å². The van der Waals surface area contributed by atoms with Gasteiger partial charge in [-0.2, -0.15) is 0 Å². The van der Waals surface area contributed by atoms with Gasteiger partial charge < -0.3 is 10.6 Å². The minimum atomic E-state index is 0.768. The van der Waals surface area contributed by atoms with E-state index >= 15 is 0 Å². The number of hydrogen-bond donors (Lipinski definition) is 2. The molecule has 1 aromatic heterocycles. The van der Waals surface area contributed by atoms with E-state index < -0.39 is 0 Å². The van der Waals surface area contributed by atoms with Gasteiger partial charge in [-0.05, 0) is 0 Å². The molecule has 1 rings (SSSR count). The minimum absolute atomic E-state index is 0.768. The van der Waals surface area contributed by atoms with E-state index in [9.17, 15) is 0 Å². The highest BCUT2D eigenvalue weighted by Gasteiger charge is 2.05. The van der Waals surface area contributed by atoms with Crippen LogP contribution >= 0.6 is 0 Å². The molecule has 2 N–H and O–H groups in total. The average molecular weight is 179 g/mol. The van der Waals surface area contributed by atoms with Gasteiger partial charge >= 0.3 is 0 Å². The SMILES string of the molecule is CN=Cc1c(NC)ncnc1NC. The standard InChI is InChI=1S/C8H13N5/c1-9-4-6-7(10-2)12-5-13-8(6)11-3/h4-5H,1-3H3,(H2,10,11,12,13). The Kier molecular flexibility index (Phi) is 3.19. The van der Waals surface area contributed by atoms with Crippen LogP contribution in [0.15, 0.2) is 11.3 Å². The van der Waals surface area contributed by atoms with Crippen LogP contribution in [0.1, 0.15) is 5.56 Å². The van der Waals surface area contributed by atoms with Crippen LogP contribution in [-0.4, -0.2) is 37.3 Å². The third kappa shape index (κ3) is 1.93. The van der Waals surface area contributed by atoms with Crippen molar-refractivity contribution < 1.29 is 0 Å². The van der Waals surface area contributed by atoms with Gasteiger partial charge in [0.05, 0.1) is 5.56 Å². The largest absolute Gasteiger partial charge is 0.372 e. The van der Waals surface area contributed by atoms with E-state index in [-0.39, 0.29) is 0 Å². The van der Waals surface area contributed by atoms with Crippen LogP contribution in [0.5, 0.6) is 0 Å². The maximum atomic E-state index is 4.07. The zero-order valence-corrected chi connectivity index (χ0v) is 8.00. The molecule has 0 unspecified atom stereocenters. The fourth-order valence-electron chi connectivity index (χ4n) is 1.05. The number of anilines is 2. The summed E-state index contributed by atoms with van der Waals surface area (Å²) in [5.74, 6) is 1.54. The van der Waals surface area contributed by atoms with E-state index in [0.29, 0.717) is 0 Å². The van der Waals surface area contributed by atoms with Gasteiger partial charge in [-0.25, -0.2) is 9.97 Å². The zero-order valence-electron chi connectivity index (χ0n) is 8.00. The highest BCUT2D eigenvalue weighted by molar-refractivity contribution is 5.92. The quantitative estimate of drug-likeness (QED) is 0.667. The summed E-state index contributed by atoms with van der Waals surface area (Å²) in [5.41, 5.74) is 0.870. The lowest BCUT2D eigenvalue weighted by Crippen LogP contribution is -2.04. The molecule has 0 saturated heterocycles. The highest BCUT2D eigenvalue weighted by atomic mass is 15.1. The topological polar surface area (TPSA) is 62.2 Å². The van der Waals surface area contributed by atoms with Crippen LogP contribution in [0.3, 0.4) is 0 Å². The molecule has 0 amide bonds. The molecule has 0 aliphatic rings. The molecule has 0 bridgehead atoms. The smallest absolute Gasteiger partial charge is 0.140 e. The van der Waals surface area contributed by atoms with Gasteiger partial charge in [0.2, 0.25) is 0 Å². The molecule has 0 atom stereocenters. The maximum Gasteiger partial charge on any atom is 0.140 e. The Bertz CT molecular complexity index is 285. The molecule has 5 heteroatoms. The third-order valence-electron chi connectivity index (χ3n) is 1.62. The van der Waals surface area contributed by atoms with Crippen LogP contribution in [0, 0.1) is 0 Å². The normalized spacial score (nSPS) is 10.4. The molecule has 0 radical (unpaired) electrons. The summed E-state index contributed by atoms with van der Waals surface area (Å²) in [6.45, 7) is 0. The summed E-state index contributed by atoms with van der Waals surface area (Å²) in [7, 11) is 5.34. The number of hydrogen-bond acceptors (Lipinski definition) is 5. The molecule has 5 nitrogen and oxygen atoms in total. The minimum Gasteiger partial charge on any atom is -0.372 e. The molecule has 0 spiro atoms. The molecule has 70 valence electrons. The zero-order chi connectivity index (χ0) is 9.68. The first-order chi connectivity index (χ1) is 6.33. The summed E-state index contributed by atoms with van der Waals surface area (Å²) >= 11 is 0. The second kappa shape index (κ2) is 4.39. The van der Waals surface area contributed by atoms with Crippen molar-refractivity contribution in [2.75, 3.05) is 31.8 Å². The maximum absolute atomic E-state index is 4.07. The molecule has 1 aromatic rings. The second-order valence-corrected chi connectivity index (χ2v) is 2.37. The number of nitrogens with zero attached hydrogens (tertiary/aromatic N) is 3. The fraction of sp³-hybridized carbons (Fsp3) is 0.375. The molecule has 1 heterocycles. The van der Waals surface area contributed by atoms with Gasteiger partial charge in [-0.1, -0.05) is 0 Å². The number of aromatic nitrogens is 2. The van der Waals surface area contributed by atoms with Crippen LogP contribution < -0.4 is 10.6 Å². The second-order valence-electron chi connectivity index (χ2n) is 2.37. The Balaban J connectivity index is 3.21.